The molecule has 2 aromatic heterocycles. The maximum absolute atomic E-state index is 10.2. The molecule has 3 N–H and O–H groups in total. The Labute approximate surface area is 131 Å². The van der Waals surface area contributed by atoms with E-state index in [-0.39, 0.29) is 12.7 Å². The molecule has 0 amide bonds. The van der Waals surface area contributed by atoms with E-state index in [1.165, 1.54) is 12.7 Å². The van der Waals surface area contributed by atoms with E-state index < -0.39 is 24.5 Å². The van der Waals surface area contributed by atoms with Gasteiger partial charge in [-0.25, -0.2) is 15.0 Å². The minimum Gasteiger partial charge on any atom is -0.394 e. The fourth-order valence-corrected chi connectivity index (χ4v) is 3.20. The predicted octanol–water partition coefficient (Wildman–Crippen LogP) is -0.711. The van der Waals surface area contributed by atoms with Crippen molar-refractivity contribution in [2.75, 3.05) is 13.2 Å². The van der Waals surface area contributed by atoms with Gasteiger partial charge in [-0.15, -0.1) is 0 Å². The highest BCUT2D eigenvalue weighted by Crippen LogP contribution is 2.34. The van der Waals surface area contributed by atoms with Crippen molar-refractivity contribution >= 4 is 11.2 Å². The summed E-state index contributed by atoms with van der Waals surface area (Å²) in [6, 6.07) is 0. The fraction of sp³-hybridized carbons (Fsp3) is 0.643. The third-order valence-corrected chi connectivity index (χ3v) is 4.41. The van der Waals surface area contributed by atoms with Crippen LogP contribution in [0.5, 0.6) is 0 Å². The van der Waals surface area contributed by atoms with Gasteiger partial charge in [-0.3, -0.25) is 4.57 Å². The van der Waals surface area contributed by atoms with Crippen LogP contribution in [-0.4, -0.2) is 66.4 Å². The number of ether oxygens (including phenoxy) is 2. The number of fused-ring (bicyclic) bond motifs is 1. The second-order valence-electron chi connectivity index (χ2n) is 5.81. The summed E-state index contributed by atoms with van der Waals surface area (Å²) in [6.07, 6.45) is 0.642. The average molecular weight is 322 g/mol. The van der Waals surface area contributed by atoms with Crippen molar-refractivity contribution < 1.29 is 24.8 Å². The van der Waals surface area contributed by atoms with E-state index in [9.17, 15) is 15.3 Å². The molecule has 2 aliphatic rings. The van der Waals surface area contributed by atoms with Gasteiger partial charge in [0.2, 0.25) is 0 Å². The van der Waals surface area contributed by atoms with Gasteiger partial charge < -0.3 is 24.8 Å². The van der Waals surface area contributed by atoms with Gasteiger partial charge >= 0.3 is 0 Å². The maximum atomic E-state index is 10.2. The second kappa shape index (κ2) is 5.77. The van der Waals surface area contributed by atoms with E-state index in [1.54, 1.807) is 4.57 Å². The summed E-state index contributed by atoms with van der Waals surface area (Å²) in [7, 11) is 0. The van der Waals surface area contributed by atoms with Crippen molar-refractivity contribution in [1.29, 1.82) is 0 Å². The van der Waals surface area contributed by atoms with Gasteiger partial charge in [-0.05, 0) is 12.8 Å². The van der Waals surface area contributed by atoms with E-state index in [1.807, 2.05) is 0 Å². The van der Waals surface area contributed by atoms with Gasteiger partial charge in [0.05, 0.1) is 12.9 Å². The third-order valence-electron chi connectivity index (χ3n) is 4.41. The Hall–Kier alpha value is -1.65. The number of hydrogen-bond donors (Lipinski definition) is 3. The zero-order valence-electron chi connectivity index (χ0n) is 12.3. The average Bonchev–Trinajstić information content (AvgIpc) is 3.28. The van der Waals surface area contributed by atoms with Gasteiger partial charge in [0.25, 0.3) is 0 Å². The molecule has 5 atom stereocenters. The highest BCUT2D eigenvalue weighted by molar-refractivity contribution is 5.73. The summed E-state index contributed by atoms with van der Waals surface area (Å²) in [5.41, 5.74) is 1.82. The second-order valence-corrected chi connectivity index (χ2v) is 5.81. The molecule has 0 saturated carbocycles. The number of rotatable bonds is 3. The van der Waals surface area contributed by atoms with E-state index in [4.69, 9.17) is 9.47 Å². The molecule has 0 spiro atoms. The highest BCUT2D eigenvalue weighted by Gasteiger charge is 2.44. The van der Waals surface area contributed by atoms with Gasteiger partial charge in [-0.2, -0.15) is 0 Å². The van der Waals surface area contributed by atoms with E-state index in [0.717, 1.165) is 18.5 Å². The van der Waals surface area contributed by atoms with Crippen molar-refractivity contribution in [3.8, 4) is 0 Å². The SMILES string of the molecule is OC[C@H]1O[C@@H](n2cnc3c(C4CCCO4)ncnc32)[C@H](O)[C@@H]1O. The van der Waals surface area contributed by atoms with E-state index in [0.29, 0.717) is 17.8 Å². The first-order chi connectivity index (χ1) is 11.2. The molecule has 2 saturated heterocycles. The minimum atomic E-state index is -1.18. The zero-order chi connectivity index (χ0) is 16.0. The molecule has 0 radical (unpaired) electrons. The summed E-state index contributed by atoms with van der Waals surface area (Å²) in [6.45, 7) is 0.323. The van der Waals surface area contributed by atoms with Crippen molar-refractivity contribution in [2.45, 2.75) is 43.5 Å². The Morgan fingerprint density at radius 3 is 2.78 bits per heavy atom. The fourth-order valence-electron chi connectivity index (χ4n) is 3.20. The molecule has 2 aliphatic heterocycles. The summed E-state index contributed by atoms with van der Waals surface area (Å²) < 4.78 is 12.8. The molecular weight excluding hydrogens is 304 g/mol. The Balaban J connectivity index is 1.73. The van der Waals surface area contributed by atoms with Gasteiger partial charge in [-0.1, -0.05) is 0 Å². The molecule has 2 aromatic rings. The number of aliphatic hydroxyl groups excluding tert-OH is 3. The zero-order valence-corrected chi connectivity index (χ0v) is 12.3. The number of nitrogens with zero attached hydrogens (tertiary/aromatic N) is 4. The lowest BCUT2D eigenvalue weighted by Gasteiger charge is -2.16. The first-order valence-corrected chi connectivity index (χ1v) is 7.62. The van der Waals surface area contributed by atoms with Crippen LogP contribution in [0.25, 0.3) is 11.2 Å². The smallest absolute Gasteiger partial charge is 0.165 e. The van der Waals surface area contributed by atoms with Crippen molar-refractivity contribution in [3.63, 3.8) is 0 Å². The first kappa shape index (κ1) is 14.9. The van der Waals surface area contributed by atoms with E-state index in [2.05, 4.69) is 15.0 Å². The molecule has 9 nitrogen and oxygen atoms in total. The highest BCUT2D eigenvalue weighted by atomic mass is 16.6. The van der Waals surface area contributed by atoms with Crippen LogP contribution in [0.15, 0.2) is 12.7 Å². The van der Waals surface area contributed by atoms with Crippen molar-refractivity contribution in [1.82, 2.24) is 19.5 Å². The standard InChI is InChI=1S/C14H18N4O5/c19-4-8-11(20)12(21)14(23-8)18-6-17-10-9(7-2-1-3-22-7)15-5-16-13(10)18/h5-8,11-12,14,19-21H,1-4H2/t7?,8-,11-,12-,14-/m1/s1. The van der Waals surface area contributed by atoms with Crippen molar-refractivity contribution in [2.24, 2.45) is 0 Å². The third kappa shape index (κ3) is 2.32. The van der Waals surface area contributed by atoms with Crippen LogP contribution >= 0.6 is 0 Å². The minimum absolute atomic E-state index is 0.103. The maximum Gasteiger partial charge on any atom is 0.165 e. The molecule has 4 rings (SSSR count). The lowest BCUT2D eigenvalue weighted by molar-refractivity contribution is -0.0511. The largest absolute Gasteiger partial charge is 0.394 e. The predicted molar refractivity (Wildman–Crippen MR) is 76.3 cm³/mol. The van der Waals surface area contributed by atoms with Crippen LogP contribution < -0.4 is 0 Å². The first-order valence-electron chi connectivity index (χ1n) is 7.62. The quantitative estimate of drug-likeness (QED) is 0.677. The number of aliphatic hydroxyl groups is 3. The molecule has 23 heavy (non-hydrogen) atoms. The normalized spacial score (nSPS) is 34.5. The van der Waals surface area contributed by atoms with Crippen molar-refractivity contribution in [3.05, 3.63) is 18.3 Å². The molecule has 0 aromatic carbocycles. The summed E-state index contributed by atoms with van der Waals surface area (Å²) in [5, 5.41) is 29.3. The van der Waals surface area contributed by atoms with Crippen LogP contribution in [0, 0.1) is 0 Å². The van der Waals surface area contributed by atoms with Crippen LogP contribution in [0.2, 0.25) is 0 Å². The van der Waals surface area contributed by atoms with Gasteiger partial charge in [0, 0.05) is 6.61 Å². The Morgan fingerprint density at radius 2 is 2.09 bits per heavy atom. The topological polar surface area (TPSA) is 123 Å². The molecule has 2 fully saturated rings. The van der Waals surface area contributed by atoms with Crippen LogP contribution in [0.3, 0.4) is 0 Å². The Kier molecular flexibility index (Phi) is 3.74. The summed E-state index contributed by atoms with van der Waals surface area (Å²) in [5.74, 6) is 0. The summed E-state index contributed by atoms with van der Waals surface area (Å²) in [4.78, 5) is 12.9. The van der Waals surface area contributed by atoms with E-state index >= 15 is 0 Å². The lowest BCUT2D eigenvalue weighted by atomic mass is 10.1. The number of hydrogen-bond acceptors (Lipinski definition) is 8. The summed E-state index contributed by atoms with van der Waals surface area (Å²) >= 11 is 0. The Bertz CT molecular complexity index is 702. The number of aromatic nitrogens is 4. The molecule has 9 heteroatoms. The van der Waals surface area contributed by atoms with Crippen LogP contribution in [0.1, 0.15) is 30.9 Å². The monoisotopic (exact) mass is 322 g/mol. The molecule has 0 bridgehead atoms. The molecule has 124 valence electrons. The van der Waals surface area contributed by atoms with Crippen LogP contribution in [0.4, 0.5) is 0 Å². The molecular formula is C14H18N4O5. The molecule has 4 heterocycles. The number of imidazole rings is 1. The lowest BCUT2D eigenvalue weighted by Crippen LogP contribution is -2.33. The van der Waals surface area contributed by atoms with Gasteiger partial charge in [0.1, 0.15) is 42.0 Å². The van der Waals surface area contributed by atoms with Gasteiger partial charge in [0.15, 0.2) is 11.9 Å². The van der Waals surface area contributed by atoms with Crippen LogP contribution in [-0.2, 0) is 9.47 Å². The molecule has 1 unspecified atom stereocenters. The molecule has 0 aliphatic carbocycles. The Morgan fingerprint density at radius 1 is 1.22 bits per heavy atom.